The first-order valence-electron chi connectivity index (χ1n) is 17.3. The second-order valence-corrected chi connectivity index (χ2v) is 11.0. The van der Waals surface area contributed by atoms with Crippen molar-refractivity contribution >= 4 is 11.9 Å². The number of rotatable bonds is 31. The summed E-state index contributed by atoms with van der Waals surface area (Å²) in [6.07, 6.45) is -0.390. The largest absolute Gasteiger partial charge is 0.481 e. The van der Waals surface area contributed by atoms with Crippen LogP contribution in [0.15, 0.2) is 91.0 Å². The van der Waals surface area contributed by atoms with Gasteiger partial charge in [-0.1, -0.05) is 91.0 Å². The van der Waals surface area contributed by atoms with Crippen molar-refractivity contribution in [3.63, 3.8) is 0 Å². The number of carbonyl (C=O) groups excluding carboxylic acids is 1. The molecular weight excluding hydrogens is 660 g/mol. The minimum absolute atomic E-state index is 0.0795. The van der Waals surface area contributed by atoms with E-state index in [2.05, 4.69) is 36.4 Å². The predicted octanol–water partition coefficient (Wildman–Crippen LogP) is 4.52. The van der Waals surface area contributed by atoms with Crippen LogP contribution >= 0.6 is 0 Å². The first-order valence-corrected chi connectivity index (χ1v) is 17.3. The molecule has 0 saturated carbocycles. The lowest BCUT2D eigenvalue weighted by Crippen LogP contribution is -2.34. The number of hydrogen-bond donors (Lipinski definition) is 1. The summed E-state index contributed by atoms with van der Waals surface area (Å²) >= 11 is 0. The van der Waals surface area contributed by atoms with Crippen molar-refractivity contribution in [3.05, 3.63) is 108 Å². The molecule has 0 atom stereocenters. The molecule has 0 fully saturated rings. The van der Waals surface area contributed by atoms with Crippen molar-refractivity contribution in [1.82, 2.24) is 0 Å². The van der Waals surface area contributed by atoms with Gasteiger partial charge in [-0.2, -0.15) is 0 Å². The Balaban J connectivity index is 1.11. The summed E-state index contributed by atoms with van der Waals surface area (Å²) in [5.41, 5.74) is 2.41. The van der Waals surface area contributed by atoms with Crippen molar-refractivity contribution in [1.29, 1.82) is 0 Å². The van der Waals surface area contributed by atoms with Crippen molar-refractivity contribution in [3.8, 4) is 0 Å². The van der Waals surface area contributed by atoms with Crippen LogP contribution in [0.25, 0.3) is 0 Å². The van der Waals surface area contributed by atoms with Gasteiger partial charge < -0.3 is 47.7 Å². The van der Waals surface area contributed by atoms with E-state index in [0.29, 0.717) is 92.5 Å². The van der Waals surface area contributed by atoms with Gasteiger partial charge in [0, 0.05) is 0 Å². The van der Waals surface area contributed by atoms with Gasteiger partial charge in [0.05, 0.1) is 112 Å². The summed E-state index contributed by atoms with van der Waals surface area (Å²) in [6.45, 7) is 6.42. The van der Waals surface area contributed by atoms with Gasteiger partial charge in [0.2, 0.25) is 0 Å². The highest BCUT2D eigenvalue weighted by molar-refractivity contribution is 5.76. The quantitative estimate of drug-likeness (QED) is 0.0571. The number of benzene rings is 3. The number of aliphatic carboxylic acids is 1. The third kappa shape index (κ3) is 17.4. The van der Waals surface area contributed by atoms with Crippen LogP contribution in [0.5, 0.6) is 0 Å². The van der Waals surface area contributed by atoms with Crippen LogP contribution in [-0.4, -0.2) is 123 Å². The second-order valence-electron chi connectivity index (χ2n) is 11.0. The topological polar surface area (TPSA) is 137 Å². The van der Waals surface area contributed by atoms with E-state index in [1.54, 1.807) is 0 Å². The molecule has 0 bridgehead atoms. The minimum Gasteiger partial charge on any atom is -0.481 e. The summed E-state index contributed by atoms with van der Waals surface area (Å²) in [5.74, 6) is -1.59. The first kappa shape index (κ1) is 41.7. The molecule has 3 rings (SSSR count). The summed E-state index contributed by atoms with van der Waals surface area (Å²) in [6, 6.07) is 30.8. The number of carboxylic acids is 1. The SMILES string of the molecule is O=C(O)CCC(=O)OCCOCCOCCOCCOCCOCCOCCOCCOC(c1ccccc1)(c1ccccc1)c1ccccc1. The van der Waals surface area contributed by atoms with E-state index in [-0.39, 0.29) is 26.1 Å². The van der Waals surface area contributed by atoms with Crippen LogP contribution in [0.4, 0.5) is 0 Å². The zero-order valence-electron chi connectivity index (χ0n) is 29.3. The van der Waals surface area contributed by atoms with Crippen LogP contribution in [0.1, 0.15) is 29.5 Å². The lowest BCUT2D eigenvalue weighted by atomic mass is 9.80. The first-order chi connectivity index (χ1) is 25.1. The molecule has 0 radical (unpaired) electrons. The van der Waals surface area contributed by atoms with Crippen molar-refractivity contribution in [2.24, 2.45) is 0 Å². The average molecular weight is 713 g/mol. The number of hydrogen-bond acceptors (Lipinski definition) is 11. The Morgan fingerprint density at radius 2 is 0.706 bits per heavy atom. The van der Waals surface area contributed by atoms with Crippen LogP contribution in [-0.2, 0) is 57.8 Å². The van der Waals surface area contributed by atoms with Crippen LogP contribution in [0, 0.1) is 0 Å². The summed E-state index contributed by atoms with van der Waals surface area (Å²) in [5, 5.41) is 8.52. The molecule has 0 aliphatic heterocycles. The fourth-order valence-corrected chi connectivity index (χ4v) is 4.94. The maximum absolute atomic E-state index is 11.3. The zero-order valence-corrected chi connectivity index (χ0v) is 29.3. The molecule has 12 heteroatoms. The summed E-state index contributed by atoms with van der Waals surface area (Å²) in [7, 11) is 0. The van der Waals surface area contributed by atoms with Crippen LogP contribution < -0.4 is 0 Å². The molecule has 3 aromatic rings. The number of carboxylic acid groups (broad SMARTS) is 1. The molecule has 0 aromatic heterocycles. The fraction of sp³-hybridized carbons (Fsp3) is 0.487. The fourth-order valence-electron chi connectivity index (χ4n) is 4.94. The van der Waals surface area contributed by atoms with Gasteiger partial charge in [-0.15, -0.1) is 0 Å². The highest BCUT2D eigenvalue weighted by Gasteiger charge is 2.37. The van der Waals surface area contributed by atoms with E-state index in [4.69, 9.17) is 47.7 Å². The summed E-state index contributed by atoms with van der Waals surface area (Å²) < 4.78 is 50.2. The van der Waals surface area contributed by atoms with E-state index in [1.165, 1.54) is 0 Å². The van der Waals surface area contributed by atoms with E-state index < -0.39 is 17.5 Å². The highest BCUT2D eigenvalue weighted by Crippen LogP contribution is 2.40. The lowest BCUT2D eigenvalue weighted by Gasteiger charge is -2.36. The summed E-state index contributed by atoms with van der Waals surface area (Å²) in [4.78, 5) is 21.7. The van der Waals surface area contributed by atoms with Crippen LogP contribution in [0.2, 0.25) is 0 Å². The van der Waals surface area contributed by atoms with Crippen molar-refractivity contribution in [2.75, 3.05) is 106 Å². The minimum atomic E-state index is -1.04. The Morgan fingerprint density at radius 3 is 1.02 bits per heavy atom. The number of carbonyl (C=O) groups is 2. The molecule has 280 valence electrons. The van der Waals surface area contributed by atoms with E-state index in [9.17, 15) is 9.59 Å². The molecule has 1 N–H and O–H groups in total. The highest BCUT2D eigenvalue weighted by atomic mass is 16.6. The average Bonchev–Trinajstić information content (AvgIpc) is 3.16. The van der Waals surface area contributed by atoms with Gasteiger partial charge >= 0.3 is 11.9 Å². The third-order valence-corrected chi connectivity index (χ3v) is 7.35. The second kappa shape index (κ2) is 27.0. The van der Waals surface area contributed by atoms with E-state index in [0.717, 1.165) is 16.7 Å². The Morgan fingerprint density at radius 1 is 0.412 bits per heavy atom. The maximum atomic E-state index is 11.3. The molecule has 12 nitrogen and oxygen atoms in total. The van der Waals surface area contributed by atoms with E-state index >= 15 is 0 Å². The normalized spacial score (nSPS) is 11.5. The van der Waals surface area contributed by atoms with Gasteiger partial charge in [-0.25, -0.2) is 0 Å². The van der Waals surface area contributed by atoms with Gasteiger partial charge in [0.15, 0.2) is 0 Å². The van der Waals surface area contributed by atoms with Gasteiger partial charge in [-0.3, -0.25) is 9.59 Å². The molecule has 0 saturated heterocycles. The van der Waals surface area contributed by atoms with Gasteiger partial charge in [0.1, 0.15) is 12.2 Å². The Bertz CT molecular complexity index is 1200. The molecule has 0 aliphatic rings. The van der Waals surface area contributed by atoms with Crippen LogP contribution in [0.3, 0.4) is 0 Å². The van der Waals surface area contributed by atoms with Gasteiger partial charge in [0.25, 0.3) is 0 Å². The maximum Gasteiger partial charge on any atom is 0.306 e. The number of ether oxygens (including phenoxy) is 9. The lowest BCUT2D eigenvalue weighted by molar-refractivity contribution is -0.149. The van der Waals surface area contributed by atoms with E-state index in [1.807, 2.05) is 54.6 Å². The third-order valence-electron chi connectivity index (χ3n) is 7.35. The zero-order chi connectivity index (χ0) is 36.1. The standard InChI is InChI=1S/C39H52O12/c40-37(41)16-17-38(42)50-32-30-48-28-26-46-24-22-44-20-18-43-19-21-45-23-25-47-27-29-49-31-33-51-39(34-10-4-1-5-11-34,35-12-6-2-7-13-35)36-14-8-3-9-15-36/h1-15H,16-33H2,(H,40,41). The van der Waals surface area contributed by atoms with Crippen molar-refractivity contribution in [2.45, 2.75) is 18.4 Å². The molecule has 3 aromatic carbocycles. The molecule has 0 aliphatic carbocycles. The Kier molecular flexibility index (Phi) is 22.1. The molecule has 0 unspecified atom stereocenters. The molecule has 0 amide bonds. The number of esters is 1. The molecule has 51 heavy (non-hydrogen) atoms. The molecule has 0 heterocycles. The smallest absolute Gasteiger partial charge is 0.306 e. The predicted molar refractivity (Wildman–Crippen MR) is 189 cm³/mol. The monoisotopic (exact) mass is 712 g/mol. The Labute approximate surface area is 300 Å². The van der Waals surface area contributed by atoms with Gasteiger partial charge in [-0.05, 0) is 16.7 Å². The molecule has 0 spiro atoms. The van der Waals surface area contributed by atoms with Crippen molar-refractivity contribution < 1.29 is 57.3 Å². The molecular formula is C39H52O12. The Hall–Kier alpha value is -3.72.